The van der Waals surface area contributed by atoms with Gasteiger partial charge in [0.1, 0.15) is 5.75 Å². The molecule has 3 heteroatoms. The van der Waals surface area contributed by atoms with Gasteiger partial charge in [-0.05, 0) is 60.0 Å². The zero-order valence-corrected chi connectivity index (χ0v) is 13.5. The van der Waals surface area contributed by atoms with Crippen molar-refractivity contribution in [2.24, 2.45) is 0 Å². The maximum Gasteiger partial charge on any atom is 0.259 e. The Morgan fingerprint density at radius 1 is 0.913 bits per heavy atom. The molecule has 0 bridgehead atoms. The fourth-order valence-electron chi connectivity index (χ4n) is 2.58. The maximum atomic E-state index is 12.6. The molecule has 23 heavy (non-hydrogen) atoms. The lowest BCUT2D eigenvalue weighted by atomic mass is 10.0. The van der Waals surface area contributed by atoms with Crippen LogP contribution in [0.3, 0.4) is 0 Å². The van der Waals surface area contributed by atoms with Gasteiger partial charge < -0.3 is 10.1 Å². The molecule has 3 nitrogen and oxygen atoms in total. The van der Waals surface area contributed by atoms with Crippen molar-refractivity contribution in [2.45, 2.75) is 13.8 Å². The molecule has 0 aromatic heterocycles. The van der Waals surface area contributed by atoms with E-state index in [0.29, 0.717) is 11.3 Å². The van der Waals surface area contributed by atoms with Crippen LogP contribution >= 0.6 is 0 Å². The summed E-state index contributed by atoms with van der Waals surface area (Å²) in [7, 11) is 1.58. The molecular formula is C20H19NO2. The highest BCUT2D eigenvalue weighted by atomic mass is 16.5. The van der Waals surface area contributed by atoms with Crippen molar-refractivity contribution in [3.63, 3.8) is 0 Å². The molecule has 3 aromatic rings. The fourth-order valence-corrected chi connectivity index (χ4v) is 2.58. The monoisotopic (exact) mass is 305 g/mol. The largest absolute Gasteiger partial charge is 0.496 e. The van der Waals surface area contributed by atoms with E-state index in [4.69, 9.17) is 4.74 Å². The Kier molecular flexibility index (Phi) is 4.02. The quantitative estimate of drug-likeness (QED) is 0.760. The Morgan fingerprint density at radius 2 is 1.61 bits per heavy atom. The molecule has 0 heterocycles. The van der Waals surface area contributed by atoms with E-state index < -0.39 is 0 Å². The lowest BCUT2D eigenvalue weighted by molar-refractivity contribution is 0.102. The van der Waals surface area contributed by atoms with Gasteiger partial charge in [0, 0.05) is 5.69 Å². The molecule has 0 spiro atoms. The molecule has 3 rings (SSSR count). The predicted molar refractivity (Wildman–Crippen MR) is 94.4 cm³/mol. The number of ether oxygens (including phenoxy) is 1. The van der Waals surface area contributed by atoms with Crippen molar-refractivity contribution in [2.75, 3.05) is 12.4 Å². The SMILES string of the molecule is COc1cc2ccccc2cc1C(=O)Nc1ccc(C)c(C)c1. The number of methoxy groups -OCH3 is 1. The lowest BCUT2D eigenvalue weighted by Gasteiger charge is -2.12. The molecule has 0 radical (unpaired) electrons. The van der Waals surface area contributed by atoms with Crippen molar-refractivity contribution in [1.29, 1.82) is 0 Å². The molecule has 1 N–H and O–H groups in total. The van der Waals surface area contributed by atoms with Crippen LogP contribution in [0, 0.1) is 13.8 Å². The highest BCUT2D eigenvalue weighted by molar-refractivity contribution is 6.08. The summed E-state index contributed by atoms with van der Waals surface area (Å²) in [6.45, 7) is 4.08. The van der Waals surface area contributed by atoms with Crippen LogP contribution in [0.4, 0.5) is 5.69 Å². The number of aryl methyl sites for hydroxylation is 2. The van der Waals surface area contributed by atoms with E-state index in [-0.39, 0.29) is 5.91 Å². The molecule has 0 aliphatic rings. The standard InChI is InChI=1S/C20H19NO2/c1-13-8-9-17(10-14(13)2)21-20(22)18-11-15-6-4-5-7-16(15)12-19(18)23-3/h4-12H,1-3H3,(H,21,22). The van der Waals surface area contributed by atoms with Crippen LogP contribution in [0.25, 0.3) is 10.8 Å². The average Bonchev–Trinajstić information content (AvgIpc) is 2.57. The molecule has 0 aliphatic carbocycles. The van der Waals surface area contributed by atoms with Gasteiger partial charge >= 0.3 is 0 Å². The first-order valence-electron chi connectivity index (χ1n) is 7.54. The third-order valence-corrected chi connectivity index (χ3v) is 4.08. The minimum absolute atomic E-state index is 0.171. The van der Waals surface area contributed by atoms with Crippen molar-refractivity contribution in [3.05, 3.63) is 71.3 Å². The van der Waals surface area contributed by atoms with Gasteiger partial charge in [0.15, 0.2) is 0 Å². The van der Waals surface area contributed by atoms with Crippen molar-refractivity contribution in [1.82, 2.24) is 0 Å². The van der Waals surface area contributed by atoms with Gasteiger partial charge in [-0.2, -0.15) is 0 Å². The number of anilines is 1. The summed E-state index contributed by atoms with van der Waals surface area (Å²) in [6, 6.07) is 17.6. The molecule has 3 aromatic carbocycles. The number of nitrogens with one attached hydrogen (secondary N) is 1. The number of carbonyl (C=O) groups is 1. The maximum absolute atomic E-state index is 12.6. The smallest absolute Gasteiger partial charge is 0.259 e. The number of hydrogen-bond acceptors (Lipinski definition) is 2. The highest BCUT2D eigenvalue weighted by Gasteiger charge is 2.14. The third kappa shape index (κ3) is 3.04. The second-order valence-electron chi connectivity index (χ2n) is 5.65. The fraction of sp³-hybridized carbons (Fsp3) is 0.150. The van der Waals surface area contributed by atoms with Crippen molar-refractivity contribution in [3.8, 4) is 5.75 Å². The van der Waals surface area contributed by atoms with E-state index in [1.54, 1.807) is 7.11 Å². The molecule has 1 amide bonds. The number of amides is 1. The normalized spacial score (nSPS) is 10.6. The van der Waals surface area contributed by atoms with Gasteiger partial charge in [-0.3, -0.25) is 4.79 Å². The molecule has 0 saturated carbocycles. The van der Waals surface area contributed by atoms with E-state index in [0.717, 1.165) is 22.0 Å². The zero-order valence-electron chi connectivity index (χ0n) is 13.5. The van der Waals surface area contributed by atoms with E-state index >= 15 is 0 Å². The van der Waals surface area contributed by atoms with Crippen molar-refractivity contribution < 1.29 is 9.53 Å². The summed E-state index contributed by atoms with van der Waals surface area (Å²) in [5.41, 5.74) is 3.66. The summed E-state index contributed by atoms with van der Waals surface area (Å²) in [5.74, 6) is 0.404. The third-order valence-electron chi connectivity index (χ3n) is 4.08. The van der Waals surface area contributed by atoms with Crippen LogP contribution < -0.4 is 10.1 Å². The number of hydrogen-bond donors (Lipinski definition) is 1. The Hall–Kier alpha value is -2.81. The van der Waals surface area contributed by atoms with Crippen LogP contribution in [0.15, 0.2) is 54.6 Å². The minimum Gasteiger partial charge on any atom is -0.496 e. The summed E-state index contributed by atoms with van der Waals surface area (Å²) < 4.78 is 5.39. The highest BCUT2D eigenvalue weighted by Crippen LogP contribution is 2.27. The first-order chi connectivity index (χ1) is 11.1. The van der Waals surface area contributed by atoms with E-state index in [2.05, 4.69) is 5.32 Å². The van der Waals surface area contributed by atoms with Gasteiger partial charge in [0.05, 0.1) is 12.7 Å². The van der Waals surface area contributed by atoms with E-state index in [1.807, 2.05) is 68.4 Å². The number of rotatable bonds is 3. The first kappa shape index (κ1) is 15.1. The summed E-state index contributed by atoms with van der Waals surface area (Å²) in [4.78, 5) is 12.6. The molecule has 0 aliphatic heterocycles. The van der Waals surface area contributed by atoms with Crippen molar-refractivity contribution >= 4 is 22.4 Å². The number of fused-ring (bicyclic) bond motifs is 1. The Bertz CT molecular complexity index is 884. The molecular weight excluding hydrogens is 286 g/mol. The molecule has 0 unspecified atom stereocenters. The number of carbonyl (C=O) groups excluding carboxylic acids is 1. The zero-order chi connectivity index (χ0) is 16.4. The molecule has 116 valence electrons. The van der Waals surface area contributed by atoms with Crippen LogP contribution in [0.1, 0.15) is 21.5 Å². The summed E-state index contributed by atoms with van der Waals surface area (Å²) in [6.07, 6.45) is 0. The Balaban J connectivity index is 1.97. The van der Waals surface area contributed by atoms with Crippen LogP contribution in [-0.2, 0) is 0 Å². The van der Waals surface area contributed by atoms with Gasteiger partial charge in [0.25, 0.3) is 5.91 Å². The minimum atomic E-state index is -0.171. The second kappa shape index (κ2) is 6.13. The van der Waals surface area contributed by atoms with E-state index in [9.17, 15) is 4.79 Å². The molecule has 0 fully saturated rings. The Morgan fingerprint density at radius 3 is 2.26 bits per heavy atom. The van der Waals surface area contributed by atoms with Gasteiger partial charge in [0.2, 0.25) is 0 Å². The lowest BCUT2D eigenvalue weighted by Crippen LogP contribution is -2.13. The Labute approximate surface area is 135 Å². The van der Waals surface area contributed by atoms with Crippen LogP contribution in [0.2, 0.25) is 0 Å². The predicted octanol–water partition coefficient (Wildman–Crippen LogP) is 4.72. The van der Waals surface area contributed by atoms with Crippen LogP contribution in [0.5, 0.6) is 5.75 Å². The topological polar surface area (TPSA) is 38.3 Å². The number of benzene rings is 3. The summed E-state index contributed by atoms with van der Waals surface area (Å²) >= 11 is 0. The van der Waals surface area contributed by atoms with Gasteiger partial charge in [-0.25, -0.2) is 0 Å². The molecule has 0 saturated heterocycles. The summed E-state index contributed by atoms with van der Waals surface area (Å²) in [5, 5.41) is 5.01. The first-order valence-corrected chi connectivity index (χ1v) is 7.54. The molecule has 0 atom stereocenters. The second-order valence-corrected chi connectivity index (χ2v) is 5.65. The van der Waals surface area contributed by atoms with Gasteiger partial charge in [-0.1, -0.05) is 30.3 Å². The van der Waals surface area contributed by atoms with Gasteiger partial charge in [-0.15, -0.1) is 0 Å². The van der Waals surface area contributed by atoms with Crippen LogP contribution in [-0.4, -0.2) is 13.0 Å². The van der Waals surface area contributed by atoms with E-state index in [1.165, 1.54) is 5.56 Å². The average molecular weight is 305 g/mol.